The lowest BCUT2D eigenvalue weighted by atomic mass is 10.1. The molecule has 0 aromatic carbocycles. The molecule has 13 heavy (non-hydrogen) atoms. The number of Topliss-reactive ketones (excluding diaryl/α,β-unsaturated/α-hetero) is 1. The molecule has 0 atom stereocenters. The van der Waals surface area contributed by atoms with Gasteiger partial charge in [0.15, 0.2) is 5.78 Å². The smallest absolute Gasteiger partial charge is 0.162 e. The van der Waals surface area contributed by atoms with Crippen molar-refractivity contribution in [2.24, 2.45) is 0 Å². The van der Waals surface area contributed by atoms with Crippen molar-refractivity contribution in [1.29, 1.82) is 0 Å². The summed E-state index contributed by atoms with van der Waals surface area (Å²) in [6.45, 7) is 4.40. The Hall–Kier alpha value is -0.890. The van der Waals surface area contributed by atoms with E-state index in [1.807, 2.05) is 32.1 Å². The van der Waals surface area contributed by atoms with Gasteiger partial charge in [0.25, 0.3) is 0 Å². The molecule has 0 spiro atoms. The monoisotopic (exact) mass is 182 g/mol. The first kappa shape index (κ1) is 12.1. The molecule has 0 aromatic rings. The number of rotatable bonds is 6. The Bertz CT molecular complexity index is 202. The second-order valence-electron chi connectivity index (χ2n) is 2.70. The van der Waals surface area contributed by atoms with Crippen LogP contribution in [0, 0.1) is 0 Å². The number of allylic oxidation sites excluding steroid dienone is 3. The fraction of sp³-hybridized carbons (Fsp3) is 0.545. The molecule has 0 fully saturated rings. The molecule has 0 bridgehead atoms. The molecule has 0 saturated carbocycles. The summed E-state index contributed by atoms with van der Waals surface area (Å²) in [5.74, 6) is 0.168. The summed E-state index contributed by atoms with van der Waals surface area (Å²) < 4.78 is 4.88. The molecule has 0 aliphatic heterocycles. The van der Waals surface area contributed by atoms with E-state index in [1.165, 1.54) is 0 Å². The number of carbonyl (C=O) groups is 1. The molecule has 2 nitrogen and oxygen atoms in total. The SMILES string of the molecule is CC/C=C\C(=C/COC)C(=O)CC. The van der Waals surface area contributed by atoms with Crippen molar-refractivity contribution in [3.05, 3.63) is 23.8 Å². The maximum atomic E-state index is 11.3. The van der Waals surface area contributed by atoms with Crippen LogP contribution in [-0.4, -0.2) is 19.5 Å². The molecule has 0 heterocycles. The topological polar surface area (TPSA) is 26.3 Å². The first-order valence-corrected chi connectivity index (χ1v) is 4.65. The summed E-state index contributed by atoms with van der Waals surface area (Å²) in [6.07, 6.45) is 7.16. The van der Waals surface area contributed by atoms with Gasteiger partial charge in [0.2, 0.25) is 0 Å². The van der Waals surface area contributed by atoms with Gasteiger partial charge in [0, 0.05) is 19.1 Å². The lowest BCUT2D eigenvalue weighted by molar-refractivity contribution is -0.115. The highest BCUT2D eigenvalue weighted by molar-refractivity contribution is 5.97. The summed E-state index contributed by atoms with van der Waals surface area (Å²) in [4.78, 5) is 11.3. The highest BCUT2D eigenvalue weighted by atomic mass is 16.5. The van der Waals surface area contributed by atoms with E-state index in [9.17, 15) is 4.79 Å². The van der Waals surface area contributed by atoms with Gasteiger partial charge in [-0.15, -0.1) is 0 Å². The molecule has 0 saturated heterocycles. The number of hydrogen-bond acceptors (Lipinski definition) is 2. The molecule has 2 heteroatoms. The van der Waals surface area contributed by atoms with E-state index in [2.05, 4.69) is 0 Å². The highest BCUT2D eigenvalue weighted by Crippen LogP contribution is 2.03. The molecular weight excluding hydrogens is 164 g/mol. The quantitative estimate of drug-likeness (QED) is 0.466. The number of ether oxygens (including phenoxy) is 1. The van der Waals surface area contributed by atoms with Crippen LogP contribution < -0.4 is 0 Å². The molecule has 0 rings (SSSR count). The van der Waals surface area contributed by atoms with Crippen LogP contribution in [0.1, 0.15) is 26.7 Å². The van der Waals surface area contributed by atoms with E-state index in [-0.39, 0.29) is 5.78 Å². The van der Waals surface area contributed by atoms with Crippen LogP contribution in [0.3, 0.4) is 0 Å². The molecule has 74 valence electrons. The predicted molar refractivity (Wildman–Crippen MR) is 54.7 cm³/mol. The fourth-order valence-corrected chi connectivity index (χ4v) is 0.897. The van der Waals surface area contributed by atoms with Gasteiger partial charge < -0.3 is 4.74 Å². The Balaban J connectivity index is 4.35. The maximum Gasteiger partial charge on any atom is 0.162 e. The van der Waals surface area contributed by atoms with Crippen LogP contribution in [0.5, 0.6) is 0 Å². The number of ketones is 1. The van der Waals surface area contributed by atoms with Crippen molar-refractivity contribution in [1.82, 2.24) is 0 Å². The number of hydrogen-bond donors (Lipinski definition) is 0. The van der Waals surface area contributed by atoms with Gasteiger partial charge in [-0.05, 0) is 12.5 Å². The van der Waals surface area contributed by atoms with E-state index in [4.69, 9.17) is 4.74 Å². The van der Waals surface area contributed by atoms with Crippen LogP contribution in [0.4, 0.5) is 0 Å². The Morgan fingerprint density at radius 1 is 1.38 bits per heavy atom. The first-order chi connectivity index (χ1) is 6.26. The molecule has 0 radical (unpaired) electrons. The van der Waals surface area contributed by atoms with Crippen LogP contribution in [0.2, 0.25) is 0 Å². The normalized spacial score (nSPS) is 12.4. The Morgan fingerprint density at radius 2 is 2.08 bits per heavy atom. The van der Waals surface area contributed by atoms with Gasteiger partial charge in [-0.25, -0.2) is 0 Å². The number of carbonyl (C=O) groups excluding carboxylic acids is 1. The molecule has 0 N–H and O–H groups in total. The van der Waals surface area contributed by atoms with Crippen molar-refractivity contribution < 1.29 is 9.53 Å². The highest BCUT2D eigenvalue weighted by Gasteiger charge is 2.01. The van der Waals surface area contributed by atoms with Crippen molar-refractivity contribution in [3.8, 4) is 0 Å². The van der Waals surface area contributed by atoms with Crippen molar-refractivity contribution in [2.75, 3.05) is 13.7 Å². The van der Waals surface area contributed by atoms with Crippen LogP contribution in [0.15, 0.2) is 23.8 Å². The van der Waals surface area contributed by atoms with Gasteiger partial charge in [-0.3, -0.25) is 4.79 Å². The zero-order valence-corrected chi connectivity index (χ0v) is 8.67. The Morgan fingerprint density at radius 3 is 2.54 bits per heavy atom. The third kappa shape index (κ3) is 5.36. The molecule has 0 aliphatic carbocycles. The van der Waals surface area contributed by atoms with Gasteiger partial charge in [0.05, 0.1) is 6.61 Å². The summed E-state index contributed by atoms with van der Waals surface area (Å²) in [6, 6.07) is 0. The van der Waals surface area contributed by atoms with Crippen LogP contribution in [0.25, 0.3) is 0 Å². The minimum Gasteiger partial charge on any atom is -0.381 e. The van der Waals surface area contributed by atoms with Crippen LogP contribution in [-0.2, 0) is 9.53 Å². The fourth-order valence-electron chi connectivity index (χ4n) is 0.897. The lowest BCUT2D eigenvalue weighted by Crippen LogP contribution is -1.99. The standard InChI is InChI=1S/C11H18O2/c1-4-6-7-10(8-9-13-3)11(12)5-2/h6-8H,4-5,9H2,1-3H3/b7-6-,10-8+. The second-order valence-corrected chi connectivity index (χ2v) is 2.70. The van der Waals surface area contributed by atoms with Crippen molar-refractivity contribution in [3.63, 3.8) is 0 Å². The van der Waals surface area contributed by atoms with E-state index >= 15 is 0 Å². The first-order valence-electron chi connectivity index (χ1n) is 4.65. The number of methoxy groups -OCH3 is 1. The van der Waals surface area contributed by atoms with Gasteiger partial charge in [-0.2, -0.15) is 0 Å². The van der Waals surface area contributed by atoms with Gasteiger partial charge in [0.1, 0.15) is 0 Å². The van der Waals surface area contributed by atoms with Crippen LogP contribution >= 0.6 is 0 Å². The average Bonchev–Trinajstić information content (AvgIpc) is 2.17. The van der Waals surface area contributed by atoms with Crippen molar-refractivity contribution >= 4 is 5.78 Å². The maximum absolute atomic E-state index is 11.3. The molecular formula is C11H18O2. The average molecular weight is 182 g/mol. The van der Waals surface area contributed by atoms with E-state index in [0.717, 1.165) is 12.0 Å². The minimum atomic E-state index is 0.168. The lowest BCUT2D eigenvalue weighted by Gasteiger charge is -1.98. The summed E-state index contributed by atoms with van der Waals surface area (Å²) in [7, 11) is 1.62. The third-order valence-corrected chi connectivity index (χ3v) is 1.65. The zero-order valence-electron chi connectivity index (χ0n) is 8.67. The zero-order chi connectivity index (χ0) is 10.1. The molecule has 0 aromatic heterocycles. The predicted octanol–water partition coefficient (Wildman–Crippen LogP) is 2.50. The second kappa shape index (κ2) is 7.74. The largest absolute Gasteiger partial charge is 0.381 e. The summed E-state index contributed by atoms with van der Waals surface area (Å²) >= 11 is 0. The van der Waals surface area contributed by atoms with E-state index in [1.54, 1.807) is 7.11 Å². The summed E-state index contributed by atoms with van der Waals surface area (Å²) in [5.41, 5.74) is 0.756. The third-order valence-electron chi connectivity index (χ3n) is 1.65. The van der Waals surface area contributed by atoms with E-state index < -0.39 is 0 Å². The van der Waals surface area contributed by atoms with Gasteiger partial charge in [-0.1, -0.05) is 26.0 Å². The molecule has 0 aliphatic rings. The van der Waals surface area contributed by atoms with E-state index in [0.29, 0.717) is 13.0 Å². The molecule has 0 amide bonds. The Kier molecular flexibility index (Phi) is 7.21. The summed E-state index contributed by atoms with van der Waals surface area (Å²) in [5, 5.41) is 0. The van der Waals surface area contributed by atoms with Gasteiger partial charge >= 0.3 is 0 Å². The molecule has 0 unspecified atom stereocenters. The van der Waals surface area contributed by atoms with Crippen molar-refractivity contribution in [2.45, 2.75) is 26.7 Å². The Labute approximate surface area is 80.3 Å². The minimum absolute atomic E-state index is 0.168.